The zero-order valence-corrected chi connectivity index (χ0v) is 18.0. The molecule has 1 aromatic heterocycles. The first-order valence-corrected chi connectivity index (χ1v) is 10.3. The Balaban J connectivity index is 0.00000169. The zero-order chi connectivity index (χ0) is 16.8. The zero-order valence-electron chi connectivity index (χ0n) is 15.5. The van der Waals surface area contributed by atoms with Crippen molar-refractivity contribution in [3.05, 3.63) is 11.1 Å². The molecule has 3 heterocycles. The van der Waals surface area contributed by atoms with Gasteiger partial charge in [0, 0.05) is 37.9 Å². The van der Waals surface area contributed by atoms with Crippen LogP contribution < -0.4 is 15.5 Å². The molecule has 2 unspecified atom stereocenters. The highest BCUT2D eigenvalue weighted by Crippen LogP contribution is 2.24. The number of piperidine rings is 1. The topological polar surface area (TPSA) is 57.3 Å². The number of carbonyl (C=O) groups is 1. The summed E-state index contributed by atoms with van der Waals surface area (Å²) in [6.45, 7) is 7.36. The van der Waals surface area contributed by atoms with Crippen molar-refractivity contribution in [3.8, 4) is 0 Å². The fourth-order valence-electron chi connectivity index (χ4n) is 3.69. The van der Waals surface area contributed by atoms with Crippen LogP contribution in [0.2, 0.25) is 0 Å². The van der Waals surface area contributed by atoms with Crippen molar-refractivity contribution in [1.82, 2.24) is 15.6 Å². The summed E-state index contributed by atoms with van der Waals surface area (Å²) >= 11 is 1.73. The molecule has 1 amide bonds. The summed E-state index contributed by atoms with van der Waals surface area (Å²) in [5.74, 6) is 1.29. The molecule has 0 radical (unpaired) electrons. The summed E-state index contributed by atoms with van der Waals surface area (Å²) in [7, 11) is 0. The first-order chi connectivity index (χ1) is 11.7. The van der Waals surface area contributed by atoms with Gasteiger partial charge < -0.3 is 15.5 Å². The Bertz CT molecular complexity index is 531. The van der Waals surface area contributed by atoms with Gasteiger partial charge in [0.15, 0.2) is 5.13 Å². The highest BCUT2D eigenvalue weighted by molar-refractivity contribution is 7.13. The Morgan fingerprint density at radius 2 is 2.15 bits per heavy atom. The van der Waals surface area contributed by atoms with Crippen molar-refractivity contribution in [2.75, 3.05) is 37.6 Å². The van der Waals surface area contributed by atoms with Crippen LogP contribution in [0.15, 0.2) is 5.38 Å². The van der Waals surface area contributed by atoms with Crippen LogP contribution in [0.3, 0.4) is 0 Å². The molecule has 2 atom stereocenters. The molecule has 2 aliphatic heterocycles. The largest absolute Gasteiger partial charge is 0.356 e. The Hall–Kier alpha value is -0.560. The SMILES string of the molecule is CC(CC(=O)NCCc1csc(N2CCCC2)n1)C1CCCNC1.Cl.Cl. The lowest BCUT2D eigenvalue weighted by Crippen LogP contribution is -2.36. The van der Waals surface area contributed by atoms with Crippen LogP contribution in [0.25, 0.3) is 0 Å². The van der Waals surface area contributed by atoms with E-state index in [4.69, 9.17) is 4.98 Å². The second kappa shape index (κ2) is 12.0. The van der Waals surface area contributed by atoms with Crippen molar-refractivity contribution in [3.63, 3.8) is 0 Å². The lowest BCUT2D eigenvalue weighted by Gasteiger charge is -2.28. The predicted molar refractivity (Wildman–Crippen MR) is 114 cm³/mol. The van der Waals surface area contributed by atoms with E-state index in [0.29, 0.717) is 24.8 Å². The molecule has 5 nitrogen and oxygen atoms in total. The number of amides is 1. The van der Waals surface area contributed by atoms with Gasteiger partial charge in [-0.1, -0.05) is 6.92 Å². The number of nitrogens with zero attached hydrogens (tertiary/aromatic N) is 2. The van der Waals surface area contributed by atoms with E-state index in [1.165, 1.54) is 25.7 Å². The maximum absolute atomic E-state index is 12.1. The van der Waals surface area contributed by atoms with E-state index in [2.05, 4.69) is 27.8 Å². The number of anilines is 1. The summed E-state index contributed by atoms with van der Waals surface area (Å²) in [4.78, 5) is 19.2. The summed E-state index contributed by atoms with van der Waals surface area (Å²) < 4.78 is 0. The van der Waals surface area contributed by atoms with Crippen molar-refractivity contribution in [2.45, 2.75) is 45.4 Å². The lowest BCUT2D eigenvalue weighted by atomic mass is 9.85. The van der Waals surface area contributed by atoms with Crippen LogP contribution in [-0.4, -0.2) is 43.6 Å². The number of nitrogens with one attached hydrogen (secondary N) is 2. The van der Waals surface area contributed by atoms with Crippen LogP contribution in [0.5, 0.6) is 0 Å². The number of hydrogen-bond acceptors (Lipinski definition) is 5. The maximum atomic E-state index is 12.1. The van der Waals surface area contributed by atoms with Gasteiger partial charge in [0.2, 0.25) is 5.91 Å². The van der Waals surface area contributed by atoms with Crippen molar-refractivity contribution in [2.24, 2.45) is 11.8 Å². The van der Waals surface area contributed by atoms with E-state index in [-0.39, 0.29) is 30.7 Å². The summed E-state index contributed by atoms with van der Waals surface area (Å²) in [5.41, 5.74) is 1.10. The van der Waals surface area contributed by atoms with Gasteiger partial charge in [0.05, 0.1) is 5.69 Å². The van der Waals surface area contributed by atoms with E-state index in [9.17, 15) is 4.79 Å². The van der Waals surface area contributed by atoms with Gasteiger partial charge in [0.1, 0.15) is 0 Å². The Morgan fingerprint density at radius 1 is 1.38 bits per heavy atom. The number of aromatic nitrogens is 1. The standard InChI is InChI=1S/C18H30N4OS.2ClH/c1-14(15-5-4-7-19-12-15)11-17(23)20-8-6-16-13-24-18(21-16)22-9-2-3-10-22;;/h13-15,19H,2-12H2,1H3,(H,20,23);2*1H. The van der Waals surface area contributed by atoms with E-state index >= 15 is 0 Å². The molecule has 150 valence electrons. The van der Waals surface area contributed by atoms with Crippen LogP contribution in [0.1, 0.15) is 44.7 Å². The lowest BCUT2D eigenvalue weighted by molar-refractivity contribution is -0.122. The number of thiazole rings is 1. The predicted octanol–water partition coefficient (Wildman–Crippen LogP) is 3.27. The van der Waals surface area contributed by atoms with Gasteiger partial charge in [-0.3, -0.25) is 4.79 Å². The fraction of sp³-hybridized carbons (Fsp3) is 0.778. The van der Waals surface area contributed by atoms with Crippen LogP contribution in [-0.2, 0) is 11.2 Å². The Morgan fingerprint density at radius 3 is 2.85 bits per heavy atom. The molecule has 2 fully saturated rings. The molecule has 0 aromatic carbocycles. The average Bonchev–Trinajstić information content (AvgIpc) is 3.27. The summed E-state index contributed by atoms with van der Waals surface area (Å²) in [6, 6.07) is 0. The fourth-order valence-corrected chi connectivity index (χ4v) is 4.60. The number of rotatable bonds is 7. The minimum atomic E-state index is 0. The van der Waals surface area contributed by atoms with Crippen molar-refractivity contribution < 1.29 is 4.79 Å². The molecule has 0 bridgehead atoms. The third-order valence-electron chi connectivity index (χ3n) is 5.27. The Labute approximate surface area is 173 Å². The van der Waals surface area contributed by atoms with Crippen molar-refractivity contribution in [1.29, 1.82) is 0 Å². The van der Waals surface area contributed by atoms with Gasteiger partial charge in [-0.2, -0.15) is 0 Å². The van der Waals surface area contributed by atoms with Gasteiger partial charge in [-0.15, -0.1) is 36.2 Å². The molecule has 0 aliphatic carbocycles. The molecule has 2 N–H and O–H groups in total. The van der Waals surface area contributed by atoms with E-state index in [0.717, 1.165) is 43.4 Å². The molecule has 0 spiro atoms. The van der Waals surface area contributed by atoms with E-state index < -0.39 is 0 Å². The van der Waals surface area contributed by atoms with E-state index in [1.54, 1.807) is 11.3 Å². The minimum Gasteiger partial charge on any atom is -0.356 e. The minimum absolute atomic E-state index is 0. The van der Waals surface area contributed by atoms with Gasteiger partial charge in [-0.25, -0.2) is 4.98 Å². The molecular formula is C18H32Cl2N4OS. The van der Waals surface area contributed by atoms with Crippen molar-refractivity contribution >= 4 is 47.2 Å². The second-order valence-corrected chi connectivity index (χ2v) is 8.04. The molecular weight excluding hydrogens is 391 g/mol. The smallest absolute Gasteiger partial charge is 0.220 e. The second-order valence-electron chi connectivity index (χ2n) is 7.20. The van der Waals surface area contributed by atoms with Crippen LogP contribution in [0.4, 0.5) is 5.13 Å². The third kappa shape index (κ3) is 6.87. The molecule has 1 aromatic rings. The monoisotopic (exact) mass is 422 g/mol. The average molecular weight is 423 g/mol. The molecule has 0 saturated carbocycles. The summed E-state index contributed by atoms with van der Waals surface area (Å²) in [6.07, 6.45) is 6.51. The highest BCUT2D eigenvalue weighted by Gasteiger charge is 2.22. The number of carbonyl (C=O) groups excluding carboxylic acids is 1. The highest BCUT2D eigenvalue weighted by atomic mass is 35.5. The molecule has 8 heteroatoms. The molecule has 26 heavy (non-hydrogen) atoms. The molecule has 2 aliphatic rings. The number of hydrogen-bond donors (Lipinski definition) is 2. The third-order valence-corrected chi connectivity index (χ3v) is 6.22. The first-order valence-electron chi connectivity index (χ1n) is 9.39. The van der Waals surface area contributed by atoms with Crippen LogP contribution in [0, 0.1) is 11.8 Å². The quantitative estimate of drug-likeness (QED) is 0.707. The van der Waals surface area contributed by atoms with E-state index in [1.807, 2.05) is 0 Å². The number of halogens is 2. The molecule has 3 rings (SSSR count). The van der Waals surface area contributed by atoms with Crippen LogP contribution >= 0.6 is 36.2 Å². The van der Waals surface area contributed by atoms with Gasteiger partial charge in [-0.05, 0) is 50.6 Å². The Kier molecular flexibility index (Phi) is 10.8. The first kappa shape index (κ1) is 23.5. The normalized spacial score (nSPS) is 20.8. The maximum Gasteiger partial charge on any atom is 0.220 e. The molecule has 2 saturated heterocycles. The van der Waals surface area contributed by atoms with Gasteiger partial charge in [0.25, 0.3) is 0 Å². The van der Waals surface area contributed by atoms with Gasteiger partial charge >= 0.3 is 0 Å². The summed E-state index contributed by atoms with van der Waals surface area (Å²) in [5, 5.41) is 9.79.